The van der Waals surface area contributed by atoms with Crippen molar-refractivity contribution in [3.63, 3.8) is 0 Å². The summed E-state index contributed by atoms with van der Waals surface area (Å²) in [6.45, 7) is 7.47. The van der Waals surface area contributed by atoms with Gasteiger partial charge in [-0.2, -0.15) is 0 Å². The summed E-state index contributed by atoms with van der Waals surface area (Å²) in [6, 6.07) is 3.63. The predicted octanol–water partition coefficient (Wildman–Crippen LogP) is 2.60. The first-order valence-electron chi connectivity index (χ1n) is 7.71. The lowest BCUT2D eigenvalue weighted by Gasteiger charge is -2.31. The zero-order chi connectivity index (χ0) is 17.0. The van der Waals surface area contributed by atoms with E-state index in [0.717, 1.165) is 0 Å². The van der Waals surface area contributed by atoms with Gasteiger partial charge in [0.1, 0.15) is 23.8 Å². The van der Waals surface area contributed by atoms with Crippen molar-refractivity contribution in [3.05, 3.63) is 35.4 Å². The van der Waals surface area contributed by atoms with E-state index >= 15 is 0 Å². The van der Waals surface area contributed by atoms with E-state index in [0.29, 0.717) is 13.1 Å². The van der Waals surface area contributed by atoms with Gasteiger partial charge in [0.05, 0.1) is 5.41 Å². The summed E-state index contributed by atoms with van der Waals surface area (Å²) in [7, 11) is 0. The van der Waals surface area contributed by atoms with Crippen molar-refractivity contribution in [2.45, 2.75) is 51.1 Å². The van der Waals surface area contributed by atoms with Gasteiger partial charge in [-0.1, -0.05) is 6.07 Å². The molecule has 3 rings (SSSR count). The highest BCUT2D eigenvalue weighted by Crippen LogP contribution is 2.36. The Bertz CT molecular complexity index is 608. The van der Waals surface area contributed by atoms with Crippen molar-refractivity contribution >= 4 is 5.91 Å². The van der Waals surface area contributed by atoms with Crippen LogP contribution in [0, 0.1) is 11.6 Å². The number of carbonyl (C=O) groups excluding carboxylic acids is 1. The highest BCUT2D eigenvalue weighted by molar-refractivity contribution is 5.88. The fourth-order valence-electron chi connectivity index (χ4n) is 3.49. The van der Waals surface area contributed by atoms with Gasteiger partial charge in [-0.15, -0.1) is 0 Å². The number of fused-ring (bicyclic) bond motifs is 1. The molecule has 2 aliphatic heterocycles. The van der Waals surface area contributed by atoms with Gasteiger partial charge in [-0.05, 0) is 39.8 Å². The molecule has 0 unspecified atom stereocenters. The van der Waals surface area contributed by atoms with E-state index in [2.05, 4.69) is 0 Å². The van der Waals surface area contributed by atoms with Crippen LogP contribution in [-0.4, -0.2) is 41.9 Å². The Labute approximate surface area is 134 Å². The van der Waals surface area contributed by atoms with E-state index in [-0.39, 0.29) is 23.7 Å². The van der Waals surface area contributed by atoms with Crippen molar-refractivity contribution in [1.82, 2.24) is 4.90 Å². The number of likely N-dealkylation sites (tertiary alicyclic amines) is 1. The zero-order valence-electron chi connectivity index (χ0n) is 13.7. The fraction of sp³-hybridized carbons (Fsp3) is 0.588. The van der Waals surface area contributed by atoms with Gasteiger partial charge in [0.15, 0.2) is 5.79 Å². The molecule has 2 atom stereocenters. The lowest BCUT2D eigenvalue weighted by Crippen LogP contribution is -2.45. The van der Waals surface area contributed by atoms with Crippen LogP contribution in [0.1, 0.15) is 33.3 Å². The molecular formula is C17H21F2NO3. The molecule has 1 amide bonds. The summed E-state index contributed by atoms with van der Waals surface area (Å²) >= 11 is 0. The van der Waals surface area contributed by atoms with Crippen LogP contribution in [0.3, 0.4) is 0 Å². The Hall–Kier alpha value is -1.53. The quantitative estimate of drug-likeness (QED) is 0.839. The molecular weight excluding hydrogens is 304 g/mol. The molecule has 2 saturated heterocycles. The van der Waals surface area contributed by atoms with Crippen molar-refractivity contribution in [2.24, 2.45) is 0 Å². The van der Waals surface area contributed by atoms with Crippen LogP contribution in [0.5, 0.6) is 0 Å². The van der Waals surface area contributed by atoms with Crippen LogP contribution >= 0.6 is 0 Å². The second kappa shape index (κ2) is 5.24. The molecule has 0 aromatic heterocycles. The predicted molar refractivity (Wildman–Crippen MR) is 79.8 cm³/mol. The number of halogens is 2. The number of amides is 1. The average molecular weight is 325 g/mol. The molecule has 2 heterocycles. The summed E-state index contributed by atoms with van der Waals surface area (Å²) < 4.78 is 39.6. The number of ether oxygens (including phenoxy) is 2. The zero-order valence-corrected chi connectivity index (χ0v) is 13.7. The Morgan fingerprint density at radius 1 is 1.17 bits per heavy atom. The number of rotatable bonds is 2. The van der Waals surface area contributed by atoms with E-state index < -0.39 is 22.8 Å². The van der Waals surface area contributed by atoms with Crippen LogP contribution < -0.4 is 0 Å². The van der Waals surface area contributed by atoms with Gasteiger partial charge in [-0.25, -0.2) is 8.78 Å². The third-order valence-corrected chi connectivity index (χ3v) is 4.50. The first-order valence-corrected chi connectivity index (χ1v) is 7.71. The van der Waals surface area contributed by atoms with Gasteiger partial charge in [0, 0.05) is 18.7 Å². The molecule has 1 aromatic carbocycles. The smallest absolute Gasteiger partial charge is 0.233 e. The van der Waals surface area contributed by atoms with E-state index in [1.54, 1.807) is 4.90 Å². The van der Waals surface area contributed by atoms with E-state index in [9.17, 15) is 13.6 Å². The first-order chi connectivity index (χ1) is 10.6. The second-order valence-corrected chi connectivity index (χ2v) is 7.14. The molecule has 2 aliphatic rings. The number of hydrogen-bond donors (Lipinski definition) is 0. The molecule has 0 aliphatic carbocycles. The Morgan fingerprint density at radius 2 is 1.65 bits per heavy atom. The fourth-order valence-corrected chi connectivity index (χ4v) is 3.49. The molecule has 0 bridgehead atoms. The maximum Gasteiger partial charge on any atom is 0.233 e. The summed E-state index contributed by atoms with van der Waals surface area (Å²) in [4.78, 5) is 14.4. The molecule has 0 N–H and O–H groups in total. The Kier molecular flexibility index (Phi) is 3.72. The van der Waals surface area contributed by atoms with Gasteiger partial charge in [0.25, 0.3) is 0 Å². The summed E-state index contributed by atoms with van der Waals surface area (Å²) in [5.74, 6) is -2.41. The molecule has 1 aromatic rings. The normalized spacial score (nSPS) is 26.4. The maximum absolute atomic E-state index is 14.1. The summed E-state index contributed by atoms with van der Waals surface area (Å²) in [6.07, 6.45) is -0.398. The number of nitrogens with zero attached hydrogens (tertiary/aromatic N) is 1. The van der Waals surface area contributed by atoms with Crippen molar-refractivity contribution in [3.8, 4) is 0 Å². The number of hydrogen-bond acceptors (Lipinski definition) is 3. The van der Waals surface area contributed by atoms with Crippen LogP contribution in [-0.2, 0) is 19.7 Å². The van der Waals surface area contributed by atoms with Gasteiger partial charge in [0.2, 0.25) is 5.91 Å². The minimum absolute atomic E-state index is 0.199. The van der Waals surface area contributed by atoms with E-state index in [4.69, 9.17) is 9.47 Å². The average Bonchev–Trinajstić information content (AvgIpc) is 2.90. The van der Waals surface area contributed by atoms with Crippen molar-refractivity contribution in [2.75, 3.05) is 13.1 Å². The van der Waals surface area contributed by atoms with E-state index in [1.807, 2.05) is 13.8 Å². The number of benzene rings is 1. The molecule has 0 saturated carbocycles. The summed E-state index contributed by atoms with van der Waals surface area (Å²) in [5, 5.41) is 0. The van der Waals surface area contributed by atoms with E-state index in [1.165, 1.54) is 32.0 Å². The second-order valence-electron chi connectivity index (χ2n) is 7.14. The van der Waals surface area contributed by atoms with Gasteiger partial charge < -0.3 is 14.4 Å². The first kappa shape index (κ1) is 16.3. The maximum atomic E-state index is 14.1. The Balaban J connectivity index is 1.81. The SMILES string of the molecule is CC1(C)O[C@H]2CN(C(=O)C(C)(C)c3c(F)cccc3F)C[C@H]2O1. The number of carbonyl (C=O) groups is 1. The molecule has 126 valence electrons. The van der Waals surface area contributed by atoms with Gasteiger partial charge >= 0.3 is 0 Å². The largest absolute Gasteiger partial charge is 0.343 e. The minimum atomic E-state index is -1.30. The highest BCUT2D eigenvalue weighted by Gasteiger charge is 2.50. The molecule has 0 spiro atoms. The van der Waals surface area contributed by atoms with Crippen LogP contribution in [0.2, 0.25) is 0 Å². The molecule has 2 fully saturated rings. The Morgan fingerprint density at radius 3 is 2.13 bits per heavy atom. The van der Waals surface area contributed by atoms with Gasteiger partial charge in [-0.3, -0.25) is 4.79 Å². The highest BCUT2D eigenvalue weighted by atomic mass is 19.1. The molecule has 23 heavy (non-hydrogen) atoms. The lowest BCUT2D eigenvalue weighted by atomic mass is 9.82. The third-order valence-electron chi connectivity index (χ3n) is 4.50. The van der Waals surface area contributed by atoms with Crippen LogP contribution in [0.4, 0.5) is 8.78 Å². The van der Waals surface area contributed by atoms with Crippen molar-refractivity contribution in [1.29, 1.82) is 0 Å². The standard InChI is InChI=1S/C17H21F2NO3/c1-16(2,14-10(18)6-5-7-11(14)19)15(21)20-8-12-13(9-20)23-17(3,4)22-12/h5-7,12-13H,8-9H2,1-4H3/t12-,13+. The molecule has 0 radical (unpaired) electrons. The topological polar surface area (TPSA) is 38.8 Å². The van der Waals surface area contributed by atoms with Crippen molar-refractivity contribution < 1.29 is 23.0 Å². The summed E-state index contributed by atoms with van der Waals surface area (Å²) in [5.41, 5.74) is -1.51. The minimum Gasteiger partial charge on any atom is -0.343 e. The molecule has 4 nitrogen and oxygen atoms in total. The third kappa shape index (κ3) is 2.74. The monoisotopic (exact) mass is 325 g/mol. The van der Waals surface area contributed by atoms with Crippen LogP contribution in [0.25, 0.3) is 0 Å². The molecule has 6 heteroatoms. The van der Waals surface area contributed by atoms with Crippen LogP contribution in [0.15, 0.2) is 18.2 Å². The lowest BCUT2D eigenvalue weighted by molar-refractivity contribution is -0.162.